The Morgan fingerprint density at radius 3 is 2.42 bits per heavy atom. The van der Waals surface area contributed by atoms with E-state index in [9.17, 15) is 9.59 Å². The van der Waals surface area contributed by atoms with Crippen LogP contribution >= 0.6 is 0 Å². The van der Waals surface area contributed by atoms with Gasteiger partial charge in [-0.3, -0.25) is 9.59 Å². The third-order valence-corrected chi connectivity index (χ3v) is 4.31. The highest BCUT2D eigenvalue weighted by molar-refractivity contribution is 5.94. The number of carbonyl (C=O) groups is 2. The van der Waals surface area contributed by atoms with Crippen molar-refractivity contribution in [1.29, 1.82) is 0 Å². The molecule has 7 heteroatoms. The van der Waals surface area contributed by atoms with Gasteiger partial charge in [0.05, 0.1) is 5.69 Å². The second-order valence-electron chi connectivity index (χ2n) is 6.37. The Balaban J connectivity index is 1.88. The number of amides is 2. The zero-order valence-electron chi connectivity index (χ0n) is 14.4. The molecule has 1 saturated heterocycles. The first-order valence-electron chi connectivity index (χ1n) is 8.13. The molecule has 0 saturated carbocycles. The first kappa shape index (κ1) is 16.4. The fourth-order valence-electron chi connectivity index (χ4n) is 3.04. The lowest BCUT2D eigenvalue weighted by molar-refractivity contribution is -0.130. The normalized spacial score (nSPS) is 15.3. The zero-order valence-corrected chi connectivity index (χ0v) is 14.4. The van der Waals surface area contributed by atoms with E-state index < -0.39 is 0 Å². The maximum atomic E-state index is 13.0. The van der Waals surface area contributed by atoms with E-state index in [1.807, 2.05) is 47.8 Å². The summed E-state index contributed by atoms with van der Waals surface area (Å²) in [6.07, 6.45) is 1.94. The minimum absolute atomic E-state index is 0.0567. The summed E-state index contributed by atoms with van der Waals surface area (Å²) in [7, 11) is 3.95. The van der Waals surface area contributed by atoms with Gasteiger partial charge in [0, 0.05) is 45.8 Å². The number of aromatic nitrogens is 2. The highest BCUT2D eigenvalue weighted by Crippen LogP contribution is 2.17. The molecule has 0 spiro atoms. The predicted octanol–water partition coefficient (Wildman–Crippen LogP) is 0.700. The fourth-order valence-corrected chi connectivity index (χ4v) is 3.04. The molecule has 2 aromatic rings. The Bertz CT molecular complexity index is 759. The van der Waals surface area contributed by atoms with E-state index in [0.29, 0.717) is 38.4 Å². The Kier molecular flexibility index (Phi) is 4.53. The lowest BCUT2D eigenvalue weighted by atomic mass is 10.2. The molecule has 128 valence electrons. The van der Waals surface area contributed by atoms with E-state index >= 15 is 0 Å². The van der Waals surface area contributed by atoms with E-state index in [2.05, 4.69) is 4.98 Å². The molecule has 1 aliphatic rings. The molecule has 24 heavy (non-hydrogen) atoms. The highest BCUT2D eigenvalue weighted by atomic mass is 16.2. The van der Waals surface area contributed by atoms with Crippen LogP contribution in [0, 0.1) is 0 Å². The van der Waals surface area contributed by atoms with Crippen molar-refractivity contribution in [3.63, 3.8) is 0 Å². The third-order valence-electron chi connectivity index (χ3n) is 4.31. The first-order chi connectivity index (χ1) is 11.5. The van der Waals surface area contributed by atoms with Crippen LogP contribution in [0.15, 0.2) is 24.4 Å². The molecule has 0 aliphatic carbocycles. The minimum atomic E-state index is -0.0567. The van der Waals surface area contributed by atoms with Crippen molar-refractivity contribution < 1.29 is 9.59 Å². The quantitative estimate of drug-likeness (QED) is 0.832. The van der Waals surface area contributed by atoms with Gasteiger partial charge in [-0.15, -0.1) is 0 Å². The van der Waals surface area contributed by atoms with Crippen molar-refractivity contribution in [3.8, 4) is 0 Å². The molecule has 0 radical (unpaired) electrons. The molecule has 0 aromatic carbocycles. The van der Waals surface area contributed by atoms with E-state index in [1.54, 1.807) is 16.7 Å². The molecule has 1 fully saturated rings. The van der Waals surface area contributed by atoms with Gasteiger partial charge in [0.1, 0.15) is 5.65 Å². The van der Waals surface area contributed by atoms with E-state index in [-0.39, 0.29) is 11.8 Å². The van der Waals surface area contributed by atoms with Crippen molar-refractivity contribution in [2.75, 3.05) is 40.3 Å². The largest absolute Gasteiger partial charge is 0.339 e. The van der Waals surface area contributed by atoms with E-state index in [4.69, 9.17) is 0 Å². The molecule has 2 aromatic heterocycles. The number of carbonyl (C=O) groups excluding carboxylic acids is 2. The summed E-state index contributed by atoms with van der Waals surface area (Å²) in [4.78, 5) is 34.6. The van der Waals surface area contributed by atoms with Gasteiger partial charge in [0.2, 0.25) is 5.91 Å². The first-order valence-corrected chi connectivity index (χ1v) is 8.13. The van der Waals surface area contributed by atoms with Gasteiger partial charge >= 0.3 is 0 Å². The smallest absolute Gasteiger partial charge is 0.274 e. The molecule has 3 rings (SSSR count). The number of piperazine rings is 1. The topological polar surface area (TPSA) is 61.2 Å². The van der Waals surface area contributed by atoms with Crippen molar-refractivity contribution >= 4 is 17.5 Å². The highest BCUT2D eigenvalue weighted by Gasteiger charge is 2.27. The Labute approximate surface area is 141 Å². The lowest BCUT2D eigenvalue weighted by Crippen LogP contribution is -2.50. The van der Waals surface area contributed by atoms with Crippen molar-refractivity contribution in [2.24, 2.45) is 0 Å². The number of rotatable bonds is 3. The van der Waals surface area contributed by atoms with Crippen LogP contribution in [-0.2, 0) is 11.3 Å². The number of hydrogen-bond donors (Lipinski definition) is 0. The van der Waals surface area contributed by atoms with Gasteiger partial charge in [-0.1, -0.05) is 6.07 Å². The number of fused-ring (bicyclic) bond motifs is 1. The molecule has 0 N–H and O–H groups in total. The number of hydrogen-bond acceptors (Lipinski definition) is 4. The predicted molar refractivity (Wildman–Crippen MR) is 90.7 cm³/mol. The maximum absolute atomic E-state index is 13.0. The summed E-state index contributed by atoms with van der Waals surface area (Å²) in [5.74, 6) is 0.00174. The van der Waals surface area contributed by atoms with Crippen molar-refractivity contribution in [1.82, 2.24) is 24.1 Å². The van der Waals surface area contributed by atoms with Crippen LogP contribution in [-0.4, -0.2) is 76.2 Å². The van der Waals surface area contributed by atoms with Gasteiger partial charge < -0.3 is 19.1 Å². The SMILES string of the molecule is CC(=O)N1CCN(C(=O)c2nc3ccccn3c2CN(C)C)CC1. The molecular formula is C17H23N5O2. The second-order valence-corrected chi connectivity index (χ2v) is 6.37. The van der Waals surface area contributed by atoms with Gasteiger partial charge in [-0.2, -0.15) is 0 Å². The molecular weight excluding hydrogens is 306 g/mol. The van der Waals surface area contributed by atoms with Crippen LogP contribution in [0.4, 0.5) is 0 Å². The van der Waals surface area contributed by atoms with Crippen LogP contribution in [0.5, 0.6) is 0 Å². The van der Waals surface area contributed by atoms with Gasteiger partial charge in [-0.05, 0) is 26.2 Å². The molecule has 0 atom stereocenters. The molecule has 3 heterocycles. The fraction of sp³-hybridized carbons (Fsp3) is 0.471. The summed E-state index contributed by atoms with van der Waals surface area (Å²) in [5, 5.41) is 0. The summed E-state index contributed by atoms with van der Waals surface area (Å²) >= 11 is 0. The van der Waals surface area contributed by atoms with Crippen molar-refractivity contribution in [3.05, 3.63) is 35.8 Å². The van der Waals surface area contributed by atoms with E-state index in [0.717, 1.165) is 11.3 Å². The van der Waals surface area contributed by atoms with Crippen molar-refractivity contribution in [2.45, 2.75) is 13.5 Å². The Hall–Kier alpha value is -2.41. The molecule has 0 unspecified atom stereocenters. The maximum Gasteiger partial charge on any atom is 0.274 e. The molecule has 1 aliphatic heterocycles. The van der Waals surface area contributed by atoms with Crippen LogP contribution in [0.3, 0.4) is 0 Å². The van der Waals surface area contributed by atoms with Crippen LogP contribution < -0.4 is 0 Å². The molecule has 2 amide bonds. The number of pyridine rings is 1. The minimum Gasteiger partial charge on any atom is -0.339 e. The Morgan fingerprint density at radius 1 is 1.12 bits per heavy atom. The summed E-state index contributed by atoms with van der Waals surface area (Å²) in [6.45, 7) is 4.46. The Morgan fingerprint density at radius 2 is 1.79 bits per heavy atom. The summed E-state index contributed by atoms with van der Waals surface area (Å²) < 4.78 is 1.97. The molecule has 7 nitrogen and oxygen atoms in total. The average Bonchev–Trinajstić information content (AvgIpc) is 2.92. The monoisotopic (exact) mass is 329 g/mol. The average molecular weight is 329 g/mol. The summed E-state index contributed by atoms with van der Waals surface area (Å²) in [6, 6.07) is 5.76. The lowest BCUT2D eigenvalue weighted by Gasteiger charge is -2.34. The third kappa shape index (κ3) is 3.12. The summed E-state index contributed by atoms with van der Waals surface area (Å²) in [5.41, 5.74) is 2.18. The van der Waals surface area contributed by atoms with Crippen LogP contribution in [0.1, 0.15) is 23.1 Å². The van der Waals surface area contributed by atoms with Gasteiger partial charge in [0.15, 0.2) is 5.69 Å². The van der Waals surface area contributed by atoms with Gasteiger partial charge in [-0.25, -0.2) is 4.98 Å². The molecule has 0 bridgehead atoms. The van der Waals surface area contributed by atoms with E-state index in [1.165, 1.54) is 0 Å². The standard InChI is InChI=1S/C17H23N5O2/c1-13(23)20-8-10-21(11-9-20)17(24)16-14(12-19(2)3)22-7-5-4-6-15(22)18-16/h4-7H,8-12H2,1-3H3. The second kappa shape index (κ2) is 6.60. The van der Waals surface area contributed by atoms with Gasteiger partial charge in [0.25, 0.3) is 5.91 Å². The zero-order chi connectivity index (χ0) is 17.3. The number of nitrogens with zero attached hydrogens (tertiary/aromatic N) is 5. The number of imidazole rings is 1. The van der Waals surface area contributed by atoms with Crippen LogP contribution in [0.2, 0.25) is 0 Å². The van der Waals surface area contributed by atoms with Crippen LogP contribution in [0.25, 0.3) is 5.65 Å².